The number of methoxy groups -OCH3 is 1. The average molecular weight is 383 g/mol. The van der Waals surface area contributed by atoms with Crippen molar-refractivity contribution in [2.45, 2.75) is 18.9 Å². The maximum atomic E-state index is 12.2. The van der Waals surface area contributed by atoms with E-state index in [1.165, 1.54) is 14.0 Å². The molecule has 0 unspecified atom stereocenters. The molecule has 1 N–H and O–H groups in total. The molecule has 1 aliphatic rings. The third-order valence-electron chi connectivity index (χ3n) is 4.57. The quantitative estimate of drug-likeness (QED) is 0.609. The number of esters is 2. The van der Waals surface area contributed by atoms with E-state index in [1.54, 1.807) is 0 Å². The maximum Gasteiger partial charge on any atom is 0.407 e. The van der Waals surface area contributed by atoms with Crippen molar-refractivity contribution in [3.8, 4) is 11.1 Å². The largest absolute Gasteiger partial charge is 0.467 e. The van der Waals surface area contributed by atoms with Gasteiger partial charge in [-0.25, -0.2) is 9.59 Å². The molecule has 0 bridgehead atoms. The number of ether oxygens (including phenoxy) is 3. The molecule has 0 spiro atoms. The van der Waals surface area contributed by atoms with Crippen molar-refractivity contribution in [2.24, 2.45) is 0 Å². The first-order valence-corrected chi connectivity index (χ1v) is 8.84. The third kappa shape index (κ3) is 4.14. The molecule has 7 nitrogen and oxygen atoms in total. The van der Waals surface area contributed by atoms with Crippen molar-refractivity contribution >= 4 is 18.0 Å². The molecule has 7 heteroatoms. The van der Waals surface area contributed by atoms with Crippen LogP contribution in [0.2, 0.25) is 0 Å². The number of fused-ring (bicyclic) bond motifs is 3. The Morgan fingerprint density at radius 2 is 1.54 bits per heavy atom. The second-order valence-electron chi connectivity index (χ2n) is 6.35. The predicted molar refractivity (Wildman–Crippen MR) is 101 cm³/mol. The van der Waals surface area contributed by atoms with Gasteiger partial charge in [-0.15, -0.1) is 0 Å². The molecule has 2 aromatic rings. The van der Waals surface area contributed by atoms with Crippen molar-refractivity contribution in [3.05, 3.63) is 59.7 Å². The monoisotopic (exact) mass is 383 g/mol. The Morgan fingerprint density at radius 1 is 0.964 bits per heavy atom. The van der Waals surface area contributed by atoms with Crippen LogP contribution in [-0.4, -0.2) is 44.4 Å². The van der Waals surface area contributed by atoms with E-state index in [0.29, 0.717) is 0 Å². The van der Waals surface area contributed by atoms with Crippen LogP contribution in [0.15, 0.2) is 48.5 Å². The van der Waals surface area contributed by atoms with Crippen LogP contribution in [0, 0.1) is 0 Å². The van der Waals surface area contributed by atoms with Gasteiger partial charge in [-0.1, -0.05) is 48.5 Å². The van der Waals surface area contributed by atoms with Gasteiger partial charge in [0.15, 0.2) is 6.04 Å². The van der Waals surface area contributed by atoms with Crippen molar-refractivity contribution in [3.63, 3.8) is 0 Å². The van der Waals surface area contributed by atoms with Gasteiger partial charge in [-0.05, 0) is 22.3 Å². The zero-order valence-electron chi connectivity index (χ0n) is 15.6. The lowest BCUT2D eigenvalue weighted by Gasteiger charge is -2.18. The topological polar surface area (TPSA) is 90.9 Å². The second-order valence-corrected chi connectivity index (χ2v) is 6.35. The van der Waals surface area contributed by atoms with Gasteiger partial charge in [-0.3, -0.25) is 4.79 Å². The van der Waals surface area contributed by atoms with E-state index in [0.717, 1.165) is 22.3 Å². The number of amides is 1. The molecule has 3 rings (SSSR count). The van der Waals surface area contributed by atoms with Crippen LogP contribution in [0.3, 0.4) is 0 Å². The normalized spacial score (nSPS) is 13.1. The summed E-state index contributed by atoms with van der Waals surface area (Å²) < 4.78 is 14.8. The molecular weight excluding hydrogens is 362 g/mol. The highest BCUT2D eigenvalue weighted by molar-refractivity contribution is 5.82. The highest BCUT2D eigenvalue weighted by Crippen LogP contribution is 2.44. The summed E-state index contributed by atoms with van der Waals surface area (Å²) in [6.07, 6.45) is -0.788. The van der Waals surface area contributed by atoms with E-state index in [1.807, 2.05) is 48.5 Å². The molecule has 0 radical (unpaired) electrons. The Balaban J connectivity index is 1.67. The number of carbonyl (C=O) groups is 3. The Morgan fingerprint density at radius 3 is 2.07 bits per heavy atom. The van der Waals surface area contributed by atoms with Gasteiger partial charge in [0.05, 0.1) is 7.11 Å². The number of nitrogens with one attached hydrogen (secondary N) is 1. The summed E-state index contributed by atoms with van der Waals surface area (Å²) in [5.41, 5.74) is 4.41. The molecule has 0 fully saturated rings. The third-order valence-corrected chi connectivity index (χ3v) is 4.57. The SMILES string of the molecule is COC(=O)[C@H](COC(C)=O)NC(=O)OCC1c2ccccc2-c2ccccc21. The van der Waals surface area contributed by atoms with E-state index in [2.05, 4.69) is 10.1 Å². The lowest BCUT2D eigenvalue weighted by molar-refractivity contribution is -0.149. The molecular formula is C21H21NO6. The zero-order chi connectivity index (χ0) is 20.1. The van der Waals surface area contributed by atoms with Crippen molar-refractivity contribution in [1.82, 2.24) is 5.32 Å². The van der Waals surface area contributed by atoms with Crippen LogP contribution >= 0.6 is 0 Å². The summed E-state index contributed by atoms with van der Waals surface area (Å²) in [7, 11) is 1.18. The van der Waals surface area contributed by atoms with E-state index >= 15 is 0 Å². The summed E-state index contributed by atoms with van der Waals surface area (Å²) in [6, 6.07) is 14.8. The van der Waals surface area contributed by atoms with E-state index in [-0.39, 0.29) is 19.1 Å². The first-order chi connectivity index (χ1) is 13.5. The van der Waals surface area contributed by atoms with Crippen LogP contribution in [0.25, 0.3) is 11.1 Å². The summed E-state index contributed by atoms with van der Waals surface area (Å²) in [6.45, 7) is 0.995. The van der Waals surface area contributed by atoms with Gasteiger partial charge in [0.25, 0.3) is 0 Å². The average Bonchev–Trinajstić information content (AvgIpc) is 3.02. The summed E-state index contributed by atoms with van der Waals surface area (Å²) >= 11 is 0. The fourth-order valence-corrected chi connectivity index (χ4v) is 3.29. The summed E-state index contributed by atoms with van der Waals surface area (Å²) in [5.74, 6) is -1.39. The van der Waals surface area contributed by atoms with Gasteiger partial charge in [0.1, 0.15) is 13.2 Å². The molecule has 1 aliphatic carbocycles. The van der Waals surface area contributed by atoms with Gasteiger partial charge >= 0.3 is 18.0 Å². The van der Waals surface area contributed by atoms with Crippen molar-refractivity contribution in [1.29, 1.82) is 0 Å². The van der Waals surface area contributed by atoms with Crippen LogP contribution in [-0.2, 0) is 23.8 Å². The first-order valence-electron chi connectivity index (χ1n) is 8.84. The van der Waals surface area contributed by atoms with Gasteiger partial charge < -0.3 is 19.5 Å². The first kappa shape index (κ1) is 19.4. The second kappa shape index (κ2) is 8.56. The molecule has 0 saturated heterocycles. The fraction of sp³-hybridized carbons (Fsp3) is 0.286. The minimum absolute atomic E-state index is 0.0943. The summed E-state index contributed by atoms with van der Waals surface area (Å²) in [5, 5.41) is 2.38. The molecule has 28 heavy (non-hydrogen) atoms. The lowest BCUT2D eigenvalue weighted by Crippen LogP contribution is -2.45. The standard InChI is InChI=1S/C21H21NO6/c1-13(23)27-12-19(20(24)26-2)22-21(25)28-11-18-16-9-5-3-7-14(16)15-8-4-6-10-17(15)18/h3-10,18-19H,11-12H2,1-2H3,(H,22,25)/t19-/m0/s1. The number of rotatable bonds is 6. The van der Waals surface area contributed by atoms with Crippen LogP contribution in [0.1, 0.15) is 24.0 Å². The van der Waals surface area contributed by atoms with Gasteiger partial charge in [-0.2, -0.15) is 0 Å². The Labute approximate surface area is 162 Å². The number of alkyl carbamates (subject to hydrolysis) is 1. The number of carbonyl (C=O) groups excluding carboxylic acids is 3. The molecule has 0 aromatic heterocycles. The molecule has 0 heterocycles. The Hall–Kier alpha value is -3.35. The fourth-order valence-electron chi connectivity index (χ4n) is 3.29. The van der Waals surface area contributed by atoms with E-state index < -0.39 is 24.1 Å². The van der Waals surface area contributed by atoms with Crippen molar-refractivity contribution < 1.29 is 28.6 Å². The zero-order valence-corrected chi connectivity index (χ0v) is 15.6. The molecule has 0 aliphatic heterocycles. The van der Waals surface area contributed by atoms with Crippen molar-refractivity contribution in [2.75, 3.05) is 20.3 Å². The molecule has 1 amide bonds. The Bertz CT molecular complexity index is 848. The smallest absolute Gasteiger partial charge is 0.407 e. The Kier molecular flexibility index (Phi) is 5.93. The van der Waals surface area contributed by atoms with Crippen LogP contribution in [0.4, 0.5) is 4.79 Å². The maximum absolute atomic E-state index is 12.2. The summed E-state index contributed by atoms with van der Waals surface area (Å²) in [4.78, 5) is 34.9. The van der Waals surface area contributed by atoms with E-state index in [4.69, 9.17) is 9.47 Å². The van der Waals surface area contributed by atoms with Gasteiger partial charge in [0.2, 0.25) is 0 Å². The minimum atomic E-state index is -1.13. The highest BCUT2D eigenvalue weighted by Gasteiger charge is 2.30. The van der Waals surface area contributed by atoms with Gasteiger partial charge in [0, 0.05) is 12.8 Å². The minimum Gasteiger partial charge on any atom is -0.467 e. The predicted octanol–water partition coefficient (Wildman–Crippen LogP) is 2.63. The molecule has 2 aromatic carbocycles. The number of hydrogen-bond acceptors (Lipinski definition) is 6. The molecule has 146 valence electrons. The molecule has 0 saturated carbocycles. The molecule has 1 atom stereocenters. The van der Waals surface area contributed by atoms with E-state index in [9.17, 15) is 14.4 Å². The lowest BCUT2D eigenvalue weighted by atomic mass is 9.98. The number of hydrogen-bond donors (Lipinski definition) is 1. The highest BCUT2D eigenvalue weighted by atomic mass is 16.6. The number of benzene rings is 2. The van der Waals surface area contributed by atoms with Crippen LogP contribution < -0.4 is 5.32 Å². The van der Waals surface area contributed by atoms with Crippen LogP contribution in [0.5, 0.6) is 0 Å².